The molecule has 1 aromatic rings. The van der Waals surface area contributed by atoms with Crippen molar-refractivity contribution in [3.63, 3.8) is 0 Å². The molecular weight excluding hydrogens is 415 g/mol. The maximum atomic E-state index is 12.7. The van der Waals surface area contributed by atoms with Gasteiger partial charge in [0.1, 0.15) is 5.03 Å². The first kappa shape index (κ1) is 20.8. The SMILES string of the molecule is CCOC(=O)CCc1c(Br)cnc(SC(F)(F)F)c1C(=O)OCC. The number of halogens is 4. The van der Waals surface area contributed by atoms with Crippen LogP contribution in [0.1, 0.15) is 36.2 Å². The van der Waals surface area contributed by atoms with E-state index in [-0.39, 0.29) is 37.2 Å². The minimum absolute atomic E-state index is 0.00120. The second kappa shape index (κ2) is 9.26. The summed E-state index contributed by atoms with van der Waals surface area (Å²) in [7, 11) is 0. The number of esters is 2. The molecule has 10 heteroatoms. The Labute approximate surface area is 149 Å². The lowest BCUT2D eigenvalue weighted by Gasteiger charge is -2.15. The van der Waals surface area contributed by atoms with Gasteiger partial charge >= 0.3 is 17.4 Å². The summed E-state index contributed by atoms with van der Waals surface area (Å²) in [4.78, 5) is 27.3. The Bertz CT molecular complexity index is 610. The van der Waals surface area contributed by atoms with E-state index in [1.165, 1.54) is 6.92 Å². The largest absolute Gasteiger partial charge is 0.466 e. The summed E-state index contributed by atoms with van der Waals surface area (Å²) in [5, 5.41) is -0.511. The van der Waals surface area contributed by atoms with E-state index < -0.39 is 34.2 Å². The summed E-state index contributed by atoms with van der Waals surface area (Å²) in [6.45, 7) is 3.37. The van der Waals surface area contributed by atoms with Gasteiger partial charge in [0.25, 0.3) is 0 Å². The zero-order valence-electron chi connectivity index (χ0n) is 12.9. The second-order valence-electron chi connectivity index (χ2n) is 4.34. The molecule has 0 saturated heterocycles. The molecule has 1 heterocycles. The predicted octanol–water partition coefficient (Wildman–Crippen LogP) is 4.13. The Morgan fingerprint density at radius 3 is 2.42 bits per heavy atom. The third-order valence-corrected chi connectivity index (χ3v) is 4.09. The number of nitrogens with zero attached hydrogens (tertiary/aromatic N) is 1. The van der Waals surface area contributed by atoms with Crippen molar-refractivity contribution in [3.05, 3.63) is 21.8 Å². The first-order chi connectivity index (χ1) is 11.2. The van der Waals surface area contributed by atoms with E-state index in [4.69, 9.17) is 9.47 Å². The van der Waals surface area contributed by atoms with Crippen LogP contribution >= 0.6 is 27.7 Å². The molecule has 0 atom stereocenters. The molecule has 0 aromatic carbocycles. The highest BCUT2D eigenvalue weighted by atomic mass is 79.9. The van der Waals surface area contributed by atoms with Crippen LogP contribution in [0.25, 0.3) is 0 Å². The zero-order chi connectivity index (χ0) is 18.3. The summed E-state index contributed by atoms with van der Waals surface area (Å²) in [5.41, 5.74) is -4.68. The Balaban J connectivity index is 3.24. The first-order valence-corrected chi connectivity index (χ1v) is 8.56. The minimum atomic E-state index is -4.61. The average molecular weight is 430 g/mol. The van der Waals surface area contributed by atoms with Gasteiger partial charge in [0.05, 0.1) is 18.8 Å². The number of alkyl halides is 3. The van der Waals surface area contributed by atoms with E-state index >= 15 is 0 Å². The molecule has 0 fully saturated rings. The number of rotatable bonds is 7. The van der Waals surface area contributed by atoms with Crippen molar-refractivity contribution in [1.29, 1.82) is 0 Å². The molecule has 24 heavy (non-hydrogen) atoms. The van der Waals surface area contributed by atoms with E-state index in [0.717, 1.165) is 6.20 Å². The minimum Gasteiger partial charge on any atom is -0.466 e. The molecule has 0 bridgehead atoms. The molecule has 0 amide bonds. The standard InChI is InChI=1S/C14H15BrF3NO4S/c1-3-22-10(20)6-5-8-9(15)7-19-12(24-14(16,17)18)11(8)13(21)23-4-2/h7H,3-6H2,1-2H3. The van der Waals surface area contributed by atoms with Crippen molar-refractivity contribution in [2.45, 2.75) is 37.2 Å². The molecular formula is C14H15BrF3NO4S. The van der Waals surface area contributed by atoms with E-state index in [0.29, 0.717) is 4.47 Å². The van der Waals surface area contributed by atoms with Crippen LogP contribution in [-0.2, 0) is 20.7 Å². The molecule has 5 nitrogen and oxygen atoms in total. The quantitative estimate of drug-likeness (QED) is 0.479. The lowest BCUT2D eigenvalue weighted by atomic mass is 10.1. The molecule has 0 spiro atoms. The van der Waals surface area contributed by atoms with Crippen LogP contribution < -0.4 is 0 Å². The van der Waals surface area contributed by atoms with Crippen LogP contribution in [0.2, 0.25) is 0 Å². The maximum Gasteiger partial charge on any atom is 0.447 e. The third-order valence-electron chi connectivity index (χ3n) is 2.68. The van der Waals surface area contributed by atoms with Crippen molar-refractivity contribution in [1.82, 2.24) is 4.98 Å². The van der Waals surface area contributed by atoms with Gasteiger partial charge in [0, 0.05) is 28.9 Å². The van der Waals surface area contributed by atoms with E-state index in [2.05, 4.69) is 20.9 Å². The highest BCUT2D eigenvalue weighted by Crippen LogP contribution is 2.39. The molecule has 0 N–H and O–H groups in total. The predicted molar refractivity (Wildman–Crippen MR) is 84.8 cm³/mol. The number of pyridine rings is 1. The molecule has 0 saturated carbocycles. The zero-order valence-corrected chi connectivity index (χ0v) is 15.3. The lowest BCUT2D eigenvalue weighted by Crippen LogP contribution is -2.15. The van der Waals surface area contributed by atoms with Gasteiger partial charge in [-0.15, -0.1) is 0 Å². The van der Waals surface area contributed by atoms with Gasteiger partial charge in [-0.3, -0.25) is 4.79 Å². The number of carbonyl (C=O) groups excluding carboxylic acids is 2. The third kappa shape index (κ3) is 6.31. The fraction of sp³-hybridized carbons (Fsp3) is 0.500. The fourth-order valence-electron chi connectivity index (χ4n) is 1.81. The molecule has 0 aliphatic rings. The van der Waals surface area contributed by atoms with E-state index in [9.17, 15) is 22.8 Å². The number of thioether (sulfide) groups is 1. The number of hydrogen-bond acceptors (Lipinski definition) is 6. The topological polar surface area (TPSA) is 65.5 Å². The lowest BCUT2D eigenvalue weighted by molar-refractivity contribution is -0.143. The van der Waals surface area contributed by atoms with Crippen LogP contribution in [0.5, 0.6) is 0 Å². The molecule has 0 unspecified atom stereocenters. The number of ether oxygens (including phenoxy) is 2. The molecule has 0 aliphatic carbocycles. The number of hydrogen-bond donors (Lipinski definition) is 0. The van der Waals surface area contributed by atoms with Gasteiger partial charge in [0.15, 0.2) is 0 Å². The molecule has 1 aromatic heterocycles. The van der Waals surface area contributed by atoms with Gasteiger partial charge in [0.2, 0.25) is 0 Å². The van der Waals surface area contributed by atoms with E-state index in [1.54, 1.807) is 6.92 Å². The fourth-order valence-corrected chi connectivity index (χ4v) is 2.94. The van der Waals surface area contributed by atoms with Crippen LogP contribution in [0.15, 0.2) is 15.7 Å². The smallest absolute Gasteiger partial charge is 0.447 e. The van der Waals surface area contributed by atoms with Crippen molar-refractivity contribution >= 4 is 39.6 Å². The average Bonchev–Trinajstić information content (AvgIpc) is 2.46. The van der Waals surface area contributed by atoms with Gasteiger partial charge in [-0.05, 0) is 41.8 Å². The summed E-state index contributed by atoms with van der Waals surface area (Å²) in [6, 6.07) is 0. The normalized spacial score (nSPS) is 11.2. The van der Waals surface area contributed by atoms with Crippen molar-refractivity contribution in [3.8, 4) is 0 Å². The summed E-state index contributed by atoms with van der Waals surface area (Å²) >= 11 is 2.66. The van der Waals surface area contributed by atoms with E-state index in [1.807, 2.05) is 0 Å². The molecule has 0 radical (unpaired) electrons. The van der Waals surface area contributed by atoms with Crippen molar-refractivity contribution < 1.29 is 32.2 Å². The van der Waals surface area contributed by atoms with Crippen LogP contribution in [0.3, 0.4) is 0 Å². The Morgan fingerprint density at radius 1 is 1.25 bits per heavy atom. The van der Waals surface area contributed by atoms with Gasteiger partial charge < -0.3 is 9.47 Å². The number of carbonyl (C=O) groups is 2. The summed E-state index contributed by atoms with van der Waals surface area (Å²) < 4.78 is 48.1. The Morgan fingerprint density at radius 2 is 1.88 bits per heavy atom. The summed E-state index contributed by atoms with van der Waals surface area (Å²) in [5.74, 6) is -1.43. The van der Waals surface area contributed by atoms with Gasteiger partial charge in [-0.1, -0.05) is 0 Å². The molecule has 0 aliphatic heterocycles. The monoisotopic (exact) mass is 429 g/mol. The number of aromatic nitrogens is 1. The highest BCUT2D eigenvalue weighted by Gasteiger charge is 2.34. The molecule has 1 rings (SSSR count). The summed E-state index contributed by atoms with van der Waals surface area (Å²) in [6.07, 6.45) is 1.10. The van der Waals surface area contributed by atoms with Crippen LogP contribution in [-0.4, -0.2) is 35.6 Å². The maximum absolute atomic E-state index is 12.7. The molecule has 134 valence electrons. The van der Waals surface area contributed by atoms with Crippen LogP contribution in [0, 0.1) is 0 Å². The Hall–Kier alpha value is -1.29. The van der Waals surface area contributed by atoms with Crippen molar-refractivity contribution in [2.75, 3.05) is 13.2 Å². The van der Waals surface area contributed by atoms with Gasteiger partial charge in [-0.25, -0.2) is 9.78 Å². The van der Waals surface area contributed by atoms with Gasteiger partial charge in [-0.2, -0.15) is 13.2 Å². The highest BCUT2D eigenvalue weighted by molar-refractivity contribution is 9.10. The second-order valence-corrected chi connectivity index (χ2v) is 6.25. The Kier molecular flexibility index (Phi) is 8.01. The van der Waals surface area contributed by atoms with Crippen LogP contribution in [0.4, 0.5) is 13.2 Å². The first-order valence-electron chi connectivity index (χ1n) is 6.95. The van der Waals surface area contributed by atoms with Crippen molar-refractivity contribution in [2.24, 2.45) is 0 Å².